The third kappa shape index (κ3) is 9.26. The summed E-state index contributed by atoms with van der Waals surface area (Å²) in [6.07, 6.45) is 10.2. The maximum Gasteiger partial charge on any atom is 0.326 e. The average molecular weight is 1030 g/mol. The van der Waals surface area contributed by atoms with Crippen molar-refractivity contribution in [3.63, 3.8) is 0 Å². The van der Waals surface area contributed by atoms with Crippen LogP contribution in [0.4, 0.5) is 0 Å². The van der Waals surface area contributed by atoms with Crippen LogP contribution in [-0.4, -0.2) is 245 Å². The Bertz CT molecular complexity index is 2160. The maximum atomic E-state index is 14.7. The molecule has 404 valence electrons. The largest absolute Gasteiger partial charge is 0.480 e. The molecule has 0 aromatic heterocycles. The molecule has 10 rings (SSSR count). The predicted octanol–water partition coefficient (Wildman–Crippen LogP) is 0.000900. The molecule has 10 aliphatic rings. The van der Waals surface area contributed by atoms with Gasteiger partial charge in [-0.1, -0.05) is 0 Å². The Hall–Kier alpha value is -5.83. The van der Waals surface area contributed by atoms with E-state index in [-0.39, 0.29) is 59.1 Å². The van der Waals surface area contributed by atoms with Gasteiger partial charge in [0.25, 0.3) is 0 Å². The topological polar surface area (TPSA) is 240 Å². The standard InChI is InChI=1S/C52H74N10O12/c1-32(63)53-22-2-12-33(53)43(64)54-23-3-13-34(54)44(65)55-24-4-14-35(55)45(66)56-25-5-15-36(56)46(67)57-26-6-16-37(57)47(68)58-27-7-17-38(58)48(69)59-28-8-18-39(59)49(70)60-29-9-19-40(60)50(71)61-30-10-20-41(61)51(72)62-31-11-21-42(62)52(73)74/h33-42H,2-31H2,1H3,(H,73,74). The van der Waals surface area contributed by atoms with E-state index in [0.717, 1.165) is 6.42 Å². The number of amides is 10. The molecular weight excluding hydrogens is 957 g/mol. The first-order valence-electron chi connectivity index (χ1n) is 27.9. The molecule has 0 aliphatic carbocycles. The molecule has 0 saturated carbocycles. The van der Waals surface area contributed by atoms with E-state index in [1.807, 2.05) is 0 Å². The lowest BCUT2D eigenvalue weighted by molar-refractivity contribution is -0.156. The molecule has 0 bridgehead atoms. The fraction of sp³-hybridized carbons (Fsp3) is 0.788. The van der Waals surface area contributed by atoms with Crippen LogP contribution in [0.3, 0.4) is 0 Å². The number of carboxylic acids is 1. The Labute approximate surface area is 431 Å². The third-order valence-corrected chi connectivity index (χ3v) is 18.3. The van der Waals surface area contributed by atoms with Crippen molar-refractivity contribution in [3.05, 3.63) is 0 Å². The molecular formula is C52H74N10O12. The molecule has 1 N–H and O–H groups in total. The summed E-state index contributed by atoms with van der Waals surface area (Å²) in [4.78, 5) is 169. The molecule has 74 heavy (non-hydrogen) atoms. The van der Waals surface area contributed by atoms with Crippen molar-refractivity contribution in [1.29, 1.82) is 0 Å². The molecule has 10 unspecified atom stereocenters. The van der Waals surface area contributed by atoms with Crippen LogP contribution >= 0.6 is 0 Å². The van der Waals surface area contributed by atoms with E-state index >= 15 is 0 Å². The Morgan fingerprint density at radius 1 is 0.243 bits per heavy atom. The van der Waals surface area contributed by atoms with E-state index in [1.54, 1.807) is 39.2 Å². The molecule has 22 nitrogen and oxygen atoms in total. The van der Waals surface area contributed by atoms with Gasteiger partial charge in [-0.15, -0.1) is 0 Å². The number of carbonyl (C=O) groups is 11. The van der Waals surface area contributed by atoms with E-state index in [0.29, 0.717) is 187 Å². The lowest BCUT2D eigenvalue weighted by Crippen LogP contribution is -2.59. The van der Waals surface area contributed by atoms with Crippen molar-refractivity contribution in [2.75, 3.05) is 65.4 Å². The van der Waals surface area contributed by atoms with Gasteiger partial charge in [0.1, 0.15) is 60.4 Å². The molecule has 10 fully saturated rings. The number of hydrogen-bond donors (Lipinski definition) is 1. The molecule has 10 saturated heterocycles. The van der Waals surface area contributed by atoms with Crippen molar-refractivity contribution >= 4 is 65.0 Å². The van der Waals surface area contributed by atoms with Crippen LogP contribution in [-0.2, 0) is 52.7 Å². The summed E-state index contributed by atoms with van der Waals surface area (Å²) in [6, 6.07) is -7.96. The van der Waals surface area contributed by atoms with Crippen LogP contribution in [0.1, 0.15) is 135 Å². The van der Waals surface area contributed by atoms with Crippen LogP contribution in [0.5, 0.6) is 0 Å². The fourth-order valence-electron chi connectivity index (χ4n) is 14.7. The minimum Gasteiger partial charge on any atom is -0.480 e. The van der Waals surface area contributed by atoms with E-state index in [4.69, 9.17) is 0 Å². The summed E-state index contributed by atoms with van der Waals surface area (Å²) in [6.45, 7) is 4.94. The normalized spacial score (nSPS) is 32.2. The zero-order chi connectivity index (χ0) is 52.1. The van der Waals surface area contributed by atoms with Gasteiger partial charge in [-0.05, 0) is 128 Å². The van der Waals surface area contributed by atoms with Crippen molar-refractivity contribution in [3.8, 4) is 0 Å². The third-order valence-electron chi connectivity index (χ3n) is 18.3. The van der Waals surface area contributed by atoms with E-state index < -0.39 is 66.4 Å². The number of carboxylic acid groups (broad SMARTS) is 1. The van der Waals surface area contributed by atoms with Crippen molar-refractivity contribution in [2.45, 2.75) is 196 Å². The quantitative estimate of drug-likeness (QED) is 0.304. The minimum absolute atomic E-state index is 0.170. The van der Waals surface area contributed by atoms with Gasteiger partial charge in [-0.3, -0.25) is 47.9 Å². The van der Waals surface area contributed by atoms with E-state index in [2.05, 4.69) is 0 Å². The summed E-state index contributed by atoms with van der Waals surface area (Å²) in [7, 11) is 0. The lowest BCUT2D eigenvalue weighted by atomic mass is 10.1. The highest BCUT2D eigenvalue weighted by molar-refractivity contribution is 6.00. The van der Waals surface area contributed by atoms with Crippen LogP contribution < -0.4 is 0 Å². The van der Waals surface area contributed by atoms with Gasteiger partial charge >= 0.3 is 5.97 Å². The summed E-state index contributed by atoms with van der Waals surface area (Å²) in [5.74, 6) is -4.07. The number of aliphatic carboxylic acids is 1. The smallest absolute Gasteiger partial charge is 0.326 e. The first-order valence-corrected chi connectivity index (χ1v) is 27.9. The second-order valence-corrected chi connectivity index (χ2v) is 22.4. The summed E-state index contributed by atoms with van der Waals surface area (Å²) < 4.78 is 0. The molecule has 10 amide bonds. The number of likely N-dealkylation sites (tertiary alicyclic amines) is 10. The second-order valence-electron chi connectivity index (χ2n) is 22.4. The number of rotatable bonds is 10. The Morgan fingerprint density at radius 2 is 0.378 bits per heavy atom. The summed E-state index contributed by atoms with van der Waals surface area (Å²) in [5.41, 5.74) is 0. The monoisotopic (exact) mass is 1030 g/mol. The predicted molar refractivity (Wildman–Crippen MR) is 261 cm³/mol. The maximum absolute atomic E-state index is 14.7. The van der Waals surface area contributed by atoms with Crippen LogP contribution in [0.25, 0.3) is 0 Å². The van der Waals surface area contributed by atoms with Crippen molar-refractivity contribution in [1.82, 2.24) is 49.0 Å². The van der Waals surface area contributed by atoms with Gasteiger partial charge in [0.2, 0.25) is 59.1 Å². The Balaban J connectivity index is 0.768. The first kappa shape index (κ1) is 51.6. The molecule has 0 radical (unpaired) electrons. The fourth-order valence-corrected chi connectivity index (χ4v) is 14.7. The zero-order valence-electron chi connectivity index (χ0n) is 42.9. The molecule has 0 aromatic rings. The van der Waals surface area contributed by atoms with Gasteiger partial charge < -0.3 is 54.1 Å². The van der Waals surface area contributed by atoms with Gasteiger partial charge in [-0.25, -0.2) is 4.79 Å². The highest BCUT2D eigenvalue weighted by Crippen LogP contribution is 2.35. The van der Waals surface area contributed by atoms with Crippen LogP contribution in [0, 0.1) is 0 Å². The first-order chi connectivity index (χ1) is 35.7. The van der Waals surface area contributed by atoms with Gasteiger partial charge in [0.15, 0.2) is 0 Å². The lowest BCUT2D eigenvalue weighted by Gasteiger charge is -2.37. The highest BCUT2D eigenvalue weighted by atomic mass is 16.4. The second kappa shape index (κ2) is 21.4. The van der Waals surface area contributed by atoms with Crippen LogP contribution in [0.2, 0.25) is 0 Å². The minimum atomic E-state index is -1.06. The number of nitrogens with zero attached hydrogens (tertiary/aromatic N) is 10. The van der Waals surface area contributed by atoms with Crippen molar-refractivity contribution in [2.24, 2.45) is 0 Å². The van der Waals surface area contributed by atoms with Crippen molar-refractivity contribution < 1.29 is 57.8 Å². The van der Waals surface area contributed by atoms with E-state index in [1.165, 1.54) is 16.7 Å². The van der Waals surface area contributed by atoms with Crippen LogP contribution in [0.15, 0.2) is 0 Å². The molecule has 0 spiro atoms. The molecule has 10 heterocycles. The number of carbonyl (C=O) groups excluding carboxylic acids is 10. The molecule has 10 aliphatic heterocycles. The van der Waals surface area contributed by atoms with E-state index in [9.17, 15) is 57.8 Å². The SMILES string of the molecule is CC(=O)N1CCCC1C(=O)N1CCCC1C(=O)N1CCCC1C(=O)N1CCCC1C(=O)N1CCCC1C(=O)N1CCCC1C(=O)N1CCCC1C(=O)N1CCCC1C(=O)N1CCCC1C(=O)N1CCCC1C(=O)O. The summed E-state index contributed by atoms with van der Waals surface area (Å²) >= 11 is 0. The summed E-state index contributed by atoms with van der Waals surface area (Å²) in [5, 5.41) is 9.74. The van der Waals surface area contributed by atoms with Gasteiger partial charge in [0.05, 0.1) is 0 Å². The molecule has 0 aromatic carbocycles. The molecule has 10 atom stereocenters. The van der Waals surface area contributed by atoms with Gasteiger partial charge in [0, 0.05) is 72.4 Å². The number of hydrogen-bond acceptors (Lipinski definition) is 11. The molecule has 22 heteroatoms. The highest BCUT2D eigenvalue weighted by Gasteiger charge is 2.53. The van der Waals surface area contributed by atoms with Gasteiger partial charge in [-0.2, -0.15) is 0 Å². The Morgan fingerprint density at radius 3 is 0.541 bits per heavy atom. The zero-order valence-corrected chi connectivity index (χ0v) is 42.9. The Kier molecular flexibility index (Phi) is 15.0. The average Bonchev–Trinajstić information content (AvgIpc) is 4.25.